The highest BCUT2D eigenvalue weighted by Gasteiger charge is 2.53. The highest BCUT2D eigenvalue weighted by Crippen LogP contribution is 2.46. The van der Waals surface area contributed by atoms with Gasteiger partial charge >= 0.3 is 5.97 Å². The summed E-state index contributed by atoms with van der Waals surface area (Å²) in [6, 6.07) is 0.299. The third-order valence-electron chi connectivity index (χ3n) is 4.34. The van der Waals surface area contributed by atoms with E-state index in [1.165, 1.54) is 7.11 Å². The number of carbonyl (C=O) groups is 1. The fraction of sp³-hybridized carbons (Fsp3) is 0.929. The number of carbonyl (C=O) groups excluding carboxylic acids is 1. The topological polar surface area (TPSA) is 47.6 Å². The molecule has 18 heavy (non-hydrogen) atoms. The first kappa shape index (κ1) is 15.4. The van der Waals surface area contributed by atoms with E-state index in [4.69, 9.17) is 9.47 Å². The van der Waals surface area contributed by atoms with Gasteiger partial charge in [-0.25, -0.2) is 0 Å². The summed E-state index contributed by atoms with van der Waals surface area (Å²) in [5.41, 5.74) is -0.547. The Labute approximate surface area is 110 Å². The van der Waals surface area contributed by atoms with Crippen LogP contribution in [0.3, 0.4) is 0 Å². The van der Waals surface area contributed by atoms with E-state index < -0.39 is 5.54 Å². The number of ether oxygens (including phenoxy) is 2. The van der Waals surface area contributed by atoms with Gasteiger partial charge in [0.25, 0.3) is 0 Å². The molecule has 1 aliphatic carbocycles. The van der Waals surface area contributed by atoms with Crippen LogP contribution in [0.4, 0.5) is 0 Å². The lowest BCUT2D eigenvalue weighted by Gasteiger charge is -2.55. The van der Waals surface area contributed by atoms with Crippen LogP contribution in [0.2, 0.25) is 0 Å². The molecule has 0 bridgehead atoms. The predicted molar refractivity (Wildman–Crippen MR) is 71.4 cm³/mol. The van der Waals surface area contributed by atoms with Gasteiger partial charge in [-0.1, -0.05) is 13.8 Å². The van der Waals surface area contributed by atoms with E-state index in [1.54, 1.807) is 0 Å². The Bertz CT molecular complexity index is 303. The summed E-state index contributed by atoms with van der Waals surface area (Å²) in [4.78, 5) is 11.7. The number of hydrogen-bond acceptors (Lipinski definition) is 4. The minimum absolute atomic E-state index is 0.0985. The zero-order chi connectivity index (χ0) is 14.0. The maximum Gasteiger partial charge on any atom is 0.325 e. The predicted octanol–water partition coefficient (Wildman–Crippen LogP) is 2.12. The number of hydrogen-bond donors (Lipinski definition) is 1. The van der Waals surface area contributed by atoms with Crippen LogP contribution in [0.25, 0.3) is 0 Å². The molecular formula is C14H27NO3. The number of methoxy groups -OCH3 is 1. The van der Waals surface area contributed by atoms with Gasteiger partial charge in [-0.05, 0) is 33.6 Å². The first-order valence-corrected chi connectivity index (χ1v) is 6.79. The molecule has 0 aromatic heterocycles. The fourth-order valence-corrected chi connectivity index (χ4v) is 2.72. The second-order valence-corrected chi connectivity index (χ2v) is 5.85. The monoisotopic (exact) mass is 257 g/mol. The molecule has 0 heterocycles. The van der Waals surface area contributed by atoms with Crippen LogP contribution in [0.1, 0.15) is 47.5 Å². The number of rotatable bonds is 6. The summed E-state index contributed by atoms with van der Waals surface area (Å²) in [7, 11) is 1.43. The number of nitrogens with one attached hydrogen (secondary N) is 1. The molecule has 0 aromatic rings. The van der Waals surface area contributed by atoms with Crippen LogP contribution >= 0.6 is 0 Å². The Hall–Kier alpha value is -0.610. The molecule has 0 amide bonds. The molecule has 1 rings (SSSR count). The number of esters is 1. The molecule has 1 N–H and O–H groups in total. The minimum Gasteiger partial charge on any atom is -0.468 e. The zero-order valence-corrected chi connectivity index (χ0v) is 12.5. The van der Waals surface area contributed by atoms with Gasteiger partial charge in [-0.2, -0.15) is 0 Å². The molecule has 0 saturated heterocycles. The lowest BCUT2D eigenvalue weighted by molar-refractivity contribution is -0.155. The van der Waals surface area contributed by atoms with E-state index in [9.17, 15) is 4.79 Å². The first-order valence-electron chi connectivity index (χ1n) is 6.79. The maximum atomic E-state index is 11.7. The van der Waals surface area contributed by atoms with Gasteiger partial charge in [0.15, 0.2) is 0 Å². The van der Waals surface area contributed by atoms with Gasteiger partial charge in [0.1, 0.15) is 5.54 Å². The van der Waals surface area contributed by atoms with E-state index in [2.05, 4.69) is 19.2 Å². The summed E-state index contributed by atoms with van der Waals surface area (Å²) in [6.45, 7) is 10.9. The van der Waals surface area contributed by atoms with Gasteiger partial charge in [0.2, 0.25) is 0 Å². The van der Waals surface area contributed by atoms with E-state index in [-0.39, 0.29) is 11.4 Å². The molecule has 3 unspecified atom stereocenters. The summed E-state index contributed by atoms with van der Waals surface area (Å²) in [5.74, 6) is -0.221. The lowest BCUT2D eigenvalue weighted by Crippen LogP contribution is -2.67. The summed E-state index contributed by atoms with van der Waals surface area (Å²) in [6.07, 6.45) is 2.28. The van der Waals surface area contributed by atoms with Crippen LogP contribution in [-0.4, -0.2) is 37.4 Å². The summed E-state index contributed by atoms with van der Waals surface area (Å²) in [5, 5.41) is 3.42. The Balaban J connectivity index is 2.67. The highest BCUT2D eigenvalue weighted by atomic mass is 16.5. The van der Waals surface area contributed by atoms with E-state index >= 15 is 0 Å². The molecule has 0 radical (unpaired) electrons. The Morgan fingerprint density at radius 1 is 1.44 bits per heavy atom. The van der Waals surface area contributed by atoms with Gasteiger partial charge in [0, 0.05) is 18.1 Å². The second kappa shape index (κ2) is 5.57. The van der Waals surface area contributed by atoms with Gasteiger partial charge < -0.3 is 9.47 Å². The van der Waals surface area contributed by atoms with Gasteiger partial charge in [-0.15, -0.1) is 0 Å². The van der Waals surface area contributed by atoms with E-state index in [0.29, 0.717) is 12.1 Å². The van der Waals surface area contributed by atoms with E-state index in [0.717, 1.165) is 19.4 Å². The smallest absolute Gasteiger partial charge is 0.325 e. The van der Waals surface area contributed by atoms with Crippen molar-refractivity contribution in [1.29, 1.82) is 0 Å². The molecular weight excluding hydrogens is 230 g/mol. The molecule has 1 fully saturated rings. The zero-order valence-electron chi connectivity index (χ0n) is 12.5. The molecule has 0 spiro atoms. The third-order valence-corrected chi connectivity index (χ3v) is 4.34. The second-order valence-electron chi connectivity index (χ2n) is 5.85. The first-order chi connectivity index (χ1) is 8.31. The summed E-state index contributed by atoms with van der Waals surface area (Å²) < 4.78 is 10.6. The maximum absolute atomic E-state index is 11.7. The van der Waals surface area contributed by atoms with Crippen LogP contribution in [-0.2, 0) is 14.3 Å². The molecule has 1 aliphatic rings. The van der Waals surface area contributed by atoms with Crippen molar-refractivity contribution in [2.75, 3.05) is 13.7 Å². The molecule has 4 nitrogen and oxygen atoms in total. The summed E-state index contributed by atoms with van der Waals surface area (Å²) >= 11 is 0. The Kier molecular flexibility index (Phi) is 4.78. The van der Waals surface area contributed by atoms with Crippen molar-refractivity contribution in [1.82, 2.24) is 5.32 Å². The Morgan fingerprint density at radius 3 is 2.50 bits per heavy atom. The molecule has 3 atom stereocenters. The highest BCUT2D eigenvalue weighted by molar-refractivity contribution is 5.79. The Morgan fingerprint density at radius 2 is 2.06 bits per heavy atom. The standard InChI is InChI=1S/C14H27NO3/c1-7-14(5)10(9-11(14)18-8-2)15-13(3,4)12(16)17-6/h10-11,15H,7-9H2,1-6H3. The largest absolute Gasteiger partial charge is 0.468 e. The SMILES string of the molecule is CCOC1CC(NC(C)(C)C(=O)OC)C1(C)CC. The molecule has 4 heteroatoms. The molecule has 1 saturated carbocycles. The fourth-order valence-electron chi connectivity index (χ4n) is 2.72. The van der Waals surface area contributed by atoms with Crippen molar-refractivity contribution in [3.8, 4) is 0 Å². The molecule has 0 aromatic carbocycles. The molecule has 0 aliphatic heterocycles. The third kappa shape index (κ3) is 2.69. The van der Waals surface area contributed by atoms with Crippen molar-refractivity contribution in [3.05, 3.63) is 0 Å². The minimum atomic E-state index is -0.646. The van der Waals surface area contributed by atoms with E-state index in [1.807, 2.05) is 20.8 Å². The van der Waals surface area contributed by atoms with Crippen molar-refractivity contribution < 1.29 is 14.3 Å². The van der Waals surface area contributed by atoms with Crippen molar-refractivity contribution >= 4 is 5.97 Å². The average Bonchev–Trinajstić information content (AvgIpc) is 2.35. The van der Waals surface area contributed by atoms with Gasteiger partial charge in [-0.3, -0.25) is 10.1 Å². The van der Waals surface area contributed by atoms with Crippen LogP contribution < -0.4 is 5.32 Å². The van der Waals surface area contributed by atoms with Crippen molar-refractivity contribution in [2.45, 2.75) is 65.1 Å². The van der Waals surface area contributed by atoms with Crippen molar-refractivity contribution in [3.63, 3.8) is 0 Å². The lowest BCUT2D eigenvalue weighted by atomic mass is 9.61. The average molecular weight is 257 g/mol. The van der Waals surface area contributed by atoms with Crippen molar-refractivity contribution in [2.24, 2.45) is 5.41 Å². The quantitative estimate of drug-likeness (QED) is 0.740. The van der Waals surface area contributed by atoms with Crippen LogP contribution in [0.5, 0.6) is 0 Å². The van der Waals surface area contributed by atoms with Crippen LogP contribution in [0, 0.1) is 5.41 Å². The van der Waals surface area contributed by atoms with Gasteiger partial charge in [0.05, 0.1) is 13.2 Å². The normalized spacial score (nSPS) is 31.9. The van der Waals surface area contributed by atoms with Crippen LogP contribution in [0.15, 0.2) is 0 Å². The molecule has 106 valence electrons.